The summed E-state index contributed by atoms with van der Waals surface area (Å²) in [5.41, 5.74) is 3.96. The predicted octanol–water partition coefficient (Wildman–Crippen LogP) is 9.98. The molecule has 0 spiro atoms. The van der Waals surface area contributed by atoms with Crippen molar-refractivity contribution in [3.05, 3.63) is 47.1 Å². The van der Waals surface area contributed by atoms with E-state index in [1.165, 1.54) is 11.1 Å². The molecule has 45 heavy (non-hydrogen) atoms. The number of fused-ring (bicyclic) bond motifs is 3. The largest absolute Gasteiger partial charge is 0.481 e. The Labute approximate surface area is 272 Å². The van der Waals surface area contributed by atoms with Crippen LogP contribution in [-0.2, 0) is 14.4 Å². The van der Waals surface area contributed by atoms with Gasteiger partial charge in [-0.1, -0.05) is 74.8 Å². The smallest absolute Gasteiger partial charge is 0.310 e. The predicted molar refractivity (Wildman–Crippen MR) is 182 cm³/mol. The summed E-state index contributed by atoms with van der Waals surface area (Å²) in [6.45, 7) is 21.8. The maximum atomic E-state index is 14.0. The van der Waals surface area contributed by atoms with Crippen molar-refractivity contribution in [3.8, 4) is 0 Å². The lowest BCUT2D eigenvalue weighted by molar-refractivity contribution is -0.155. The van der Waals surface area contributed by atoms with Crippen LogP contribution in [0.3, 0.4) is 0 Å². The highest BCUT2D eigenvalue weighted by Crippen LogP contribution is 2.72. The van der Waals surface area contributed by atoms with Gasteiger partial charge in [0.05, 0.1) is 5.41 Å². The molecule has 250 valence electrons. The summed E-state index contributed by atoms with van der Waals surface area (Å²) in [4.78, 5) is 38.3. The Morgan fingerprint density at radius 1 is 1.00 bits per heavy atom. The summed E-state index contributed by atoms with van der Waals surface area (Å²) in [6, 6.07) is 0. The highest BCUT2D eigenvalue weighted by atomic mass is 16.4. The van der Waals surface area contributed by atoms with Gasteiger partial charge in [-0.25, -0.2) is 0 Å². The zero-order valence-corrected chi connectivity index (χ0v) is 29.4. The minimum atomic E-state index is -1.06. The summed E-state index contributed by atoms with van der Waals surface area (Å²) >= 11 is 0. The number of carboxylic acids is 2. The Kier molecular flexibility index (Phi) is 10.2. The Balaban J connectivity index is 1.54. The topological polar surface area (TPSA) is 91.7 Å². The summed E-state index contributed by atoms with van der Waals surface area (Å²) in [6.07, 6.45) is 16.0. The maximum absolute atomic E-state index is 14.0. The third kappa shape index (κ3) is 6.31. The molecule has 0 saturated heterocycles. The number of carbonyl (C=O) groups excluding carboxylic acids is 1. The number of carbonyl (C=O) groups is 3. The van der Waals surface area contributed by atoms with Crippen molar-refractivity contribution < 1.29 is 24.6 Å². The Bertz CT molecular complexity index is 1300. The van der Waals surface area contributed by atoms with Gasteiger partial charge in [0.15, 0.2) is 0 Å². The SMILES string of the molecule is C=C(C)[C@@H]1CC=C2[C@@H](CC[C@]3(C)[C@@H]([C@H](C)CC(=O)[C@@H]4CC=C(CCC=C(C)C)C[C@@]4(C)C(=O)O)CC[C@@]23C)[C@@]1(C)CCC(=O)O. The third-order valence-corrected chi connectivity index (χ3v) is 13.7. The van der Waals surface area contributed by atoms with Crippen molar-refractivity contribution in [2.45, 2.75) is 132 Å². The molecule has 2 fully saturated rings. The number of rotatable bonds is 12. The summed E-state index contributed by atoms with van der Waals surface area (Å²) < 4.78 is 0. The monoisotopic (exact) mass is 620 g/mol. The fourth-order valence-electron chi connectivity index (χ4n) is 10.8. The number of carboxylic acid groups (broad SMARTS) is 2. The van der Waals surface area contributed by atoms with Crippen LogP contribution in [0.2, 0.25) is 0 Å². The fraction of sp³-hybridized carbons (Fsp3) is 0.725. The van der Waals surface area contributed by atoms with Crippen LogP contribution in [0.15, 0.2) is 47.1 Å². The molecule has 0 amide bonds. The second kappa shape index (κ2) is 13.0. The minimum Gasteiger partial charge on any atom is -0.481 e. The van der Waals surface area contributed by atoms with Crippen LogP contribution in [0.4, 0.5) is 0 Å². The molecular weight excluding hydrogens is 560 g/mol. The summed E-state index contributed by atoms with van der Waals surface area (Å²) in [7, 11) is 0. The summed E-state index contributed by atoms with van der Waals surface area (Å²) in [5.74, 6) is -0.781. The van der Waals surface area contributed by atoms with E-state index in [0.717, 1.165) is 56.1 Å². The van der Waals surface area contributed by atoms with E-state index in [9.17, 15) is 24.6 Å². The normalized spacial score (nSPS) is 38.2. The minimum absolute atomic E-state index is 0.00572. The van der Waals surface area contributed by atoms with E-state index in [0.29, 0.717) is 37.5 Å². The van der Waals surface area contributed by atoms with Gasteiger partial charge < -0.3 is 10.2 Å². The van der Waals surface area contributed by atoms with Crippen LogP contribution in [-0.4, -0.2) is 27.9 Å². The van der Waals surface area contributed by atoms with Crippen LogP contribution in [0.1, 0.15) is 132 Å². The second-order valence-electron chi connectivity index (χ2n) is 16.7. The number of hydrogen-bond acceptors (Lipinski definition) is 3. The molecule has 2 saturated carbocycles. The molecule has 2 N–H and O–H groups in total. The molecule has 0 bridgehead atoms. The van der Waals surface area contributed by atoms with Crippen molar-refractivity contribution in [2.75, 3.05) is 0 Å². The first kappa shape index (κ1) is 35.4. The quantitative estimate of drug-likeness (QED) is 0.212. The molecule has 0 heterocycles. The lowest BCUT2D eigenvalue weighted by Gasteiger charge is -2.60. The average Bonchev–Trinajstić information content (AvgIpc) is 3.23. The number of hydrogen-bond donors (Lipinski definition) is 2. The first-order valence-corrected chi connectivity index (χ1v) is 17.6. The molecule has 5 heteroatoms. The molecule has 0 aromatic carbocycles. The third-order valence-electron chi connectivity index (χ3n) is 13.7. The molecule has 4 aliphatic carbocycles. The van der Waals surface area contributed by atoms with Gasteiger partial charge in [-0.15, -0.1) is 0 Å². The van der Waals surface area contributed by atoms with E-state index in [1.807, 2.05) is 0 Å². The van der Waals surface area contributed by atoms with Crippen molar-refractivity contribution >= 4 is 17.7 Å². The van der Waals surface area contributed by atoms with Crippen LogP contribution in [0.25, 0.3) is 0 Å². The molecule has 0 radical (unpaired) electrons. The Hall–Kier alpha value is -2.43. The van der Waals surface area contributed by atoms with E-state index < -0.39 is 23.3 Å². The van der Waals surface area contributed by atoms with Gasteiger partial charge in [0.2, 0.25) is 0 Å². The fourth-order valence-corrected chi connectivity index (χ4v) is 10.8. The number of ketones is 1. The second-order valence-corrected chi connectivity index (χ2v) is 16.7. The van der Waals surface area contributed by atoms with Crippen molar-refractivity contribution in [1.82, 2.24) is 0 Å². The lowest BCUT2D eigenvalue weighted by atomic mass is 9.44. The van der Waals surface area contributed by atoms with Gasteiger partial charge >= 0.3 is 11.9 Å². The van der Waals surface area contributed by atoms with E-state index in [1.54, 1.807) is 6.92 Å². The Morgan fingerprint density at radius 2 is 1.67 bits per heavy atom. The average molecular weight is 621 g/mol. The van der Waals surface area contributed by atoms with E-state index in [-0.39, 0.29) is 40.3 Å². The first-order chi connectivity index (χ1) is 20.9. The Morgan fingerprint density at radius 3 is 2.27 bits per heavy atom. The number of allylic oxidation sites excluding steroid dienone is 7. The lowest BCUT2D eigenvalue weighted by Crippen LogP contribution is -2.52. The van der Waals surface area contributed by atoms with Crippen LogP contribution < -0.4 is 0 Å². The highest BCUT2D eigenvalue weighted by molar-refractivity contribution is 5.89. The molecule has 0 aromatic rings. The number of aliphatic carboxylic acids is 2. The van der Waals surface area contributed by atoms with Crippen LogP contribution >= 0.6 is 0 Å². The van der Waals surface area contributed by atoms with Crippen molar-refractivity contribution in [2.24, 2.45) is 51.2 Å². The molecule has 4 aliphatic rings. The van der Waals surface area contributed by atoms with Crippen molar-refractivity contribution in [3.63, 3.8) is 0 Å². The first-order valence-electron chi connectivity index (χ1n) is 17.6. The van der Waals surface area contributed by atoms with Crippen molar-refractivity contribution in [1.29, 1.82) is 0 Å². The highest BCUT2D eigenvalue weighted by Gasteiger charge is 2.63. The van der Waals surface area contributed by atoms with E-state index in [2.05, 4.69) is 73.3 Å². The molecule has 9 atom stereocenters. The molecular formula is C40H60O5. The van der Waals surface area contributed by atoms with Gasteiger partial charge in [-0.05, 0) is 132 Å². The maximum Gasteiger partial charge on any atom is 0.310 e. The molecule has 0 unspecified atom stereocenters. The number of Topliss-reactive ketones (excluding diaryl/α,β-unsaturated/α-hetero) is 1. The van der Waals surface area contributed by atoms with Gasteiger partial charge in [0, 0.05) is 18.8 Å². The van der Waals surface area contributed by atoms with Gasteiger partial charge in [-0.3, -0.25) is 14.4 Å². The van der Waals surface area contributed by atoms with E-state index in [4.69, 9.17) is 0 Å². The zero-order valence-electron chi connectivity index (χ0n) is 29.4. The molecule has 5 nitrogen and oxygen atoms in total. The van der Waals surface area contributed by atoms with Gasteiger partial charge in [-0.2, -0.15) is 0 Å². The molecule has 0 aliphatic heterocycles. The van der Waals surface area contributed by atoms with Crippen LogP contribution in [0.5, 0.6) is 0 Å². The molecule has 4 rings (SSSR count). The van der Waals surface area contributed by atoms with Gasteiger partial charge in [0.25, 0.3) is 0 Å². The molecule has 0 aromatic heterocycles. The van der Waals surface area contributed by atoms with Crippen LogP contribution in [0, 0.1) is 51.2 Å². The summed E-state index contributed by atoms with van der Waals surface area (Å²) in [5, 5.41) is 20.0. The van der Waals surface area contributed by atoms with E-state index >= 15 is 0 Å². The standard InChI is InChI=1S/C40H60O5/c1-25(2)11-10-12-28-13-14-33(38(7,24-28)36(44)45)34(41)23-27(5)30-17-21-40(9)32-16-15-29(26(3)4)37(6,20-19-35(42)43)31(32)18-22-39(30,40)8/h11,13,16,27,29-31,33H,3,10,12,14-15,17-24H2,1-2,4-9H3,(H,42,43)(H,44,45)/t27-,29+,30-,31-,33+,37+,38-,39-,40+/m1/s1. The zero-order chi connectivity index (χ0) is 33.5. The van der Waals surface area contributed by atoms with Gasteiger partial charge in [0.1, 0.15) is 5.78 Å².